The highest BCUT2D eigenvalue weighted by Crippen LogP contribution is 2.43. The molecule has 1 aromatic carbocycles. The third-order valence-electron chi connectivity index (χ3n) is 6.23. The second kappa shape index (κ2) is 9.18. The van der Waals surface area contributed by atoms with Crippen LogP contribution in [0.25, 0.3) is 20.4 Å². The van der Waals surface area contributed by atoms with Gasteiger partial charge in [-0.1, -0.05) is 62.0 Å². The lowest BCUT2D eigenvalue weighted by atomic mass is 9.93. The highest BCUT2D eigenvalue weighted by atomic mass is 35.5. The summed E-state index contributed by atoms with van der Waals surface area (Å²) in [5, 5.41) is 7.05. The van der Waals surface area contributed by atoms with E-state index in [1.807, 2.05) is 34.6 Å². The first-order valence-corrected chi connectivity index (χ1v) is 12.6. The Morgan fingerprint density at radius 2 is 1.19 bits per heavy atom. The zero-order valence-electron chi connectivity index (χ0n) is 18.9. The molecule has 32 heavy (non-hydrogen) atoms. The fraction of sp³-hybridized carbons (Fsp3) is 0.524. The van der Waals surface area contributed by atoms with Crippen LogP contribution < -0.4 is 22.1 Å². The van der Waals surface area contributed by atoms with E-state index in [1.165, 1.54) is 22.7 Å². The number of thiazole rings is 2. The Hall–Kier alpha value is -1.85. The van der Waals surface area contributed by atoms with Crippen molar-refractivity contribution in [2.24, 2.45) is 11.5 Å². The minimum absolute atomic E-state index is 0.266. The molecule has 0 radical (unpaired) electrons. The molecule has 0 unspecified atom stereocenters. The molecule has 8 nitrogen and oxygen atoms in total. The molecular weight excluding hydrogens is 468 g/mol. The standard InChI is InChI=1S/C21H29ClN6O2S2/c1-6-20(23,7-2)16(29)27-18-25-12-10(5)13-15(11(22)14(12)31-18)32-19(26-13)28-17(30)21(24,8-3)9-4/h6-9,23-24H2,1-5H3,(H,25,27,29)(H,26,28,30). The monoisotopic (exact) mass is 496 g/mol. The lowest BCUT2D eigenvalue weighted by Gasteiger charge is -2.24. The van der Waals surface area contributed by atoms with Gasteiger partial charge in [-0.15, -0.1) is 0 Å². The molecule has 174 valence electrons. The Morgan fingerprint density at radius 1 is 0.844 bits per heavy atom. The van der Waals surface area contributed by atoms with Crippen LogP contribution in [-0.4, -0.2) is 32.9 Å². The van der Waals surface area contributed by atoms with E-state index in [1.54, 1.807) is 0 Å². The van der Waals surface area contributed by atoms with E-state index in [0.29, 0.717) is 52.0 Å². The van der Waals surface area contributed by atoms with Crippen molar-refractivity contribution in [1.82, 2.24) is 9.97 Å². The lowest BCUT2D eigenvalue weighted by molar-refractivity contribution is -0.122. The van der Waals surface area contributed by atoms with E-state index in [2.05, 4.69) is 20.6 Å². The molecule has 0 saturated heterocycles. The van der Waals surface area contributed by atoms with Crippen LogP contribution in [0, 0.1) is 6.92 Å². The quantitative estimate of drug-likeness (QED) is 0.354. The molecule has 2 amide bonds. The summed E-state index contributed by atoms with van der Waals surface area (Å²) in [6.07, 6.45) is 2.09. The van der Waals surface area contributed by atoms with Crippen LogP contribution in [0.2, 0.25) is 5.02 Å². The number of amides is 2. The van der Waals surface area contributed by atoms with E-state index in [0.717, 1.165) is 15.0 Å². The summed E-state index contributed by atoms with van der Waals surface area (Å²) in [6.45, 7) is 9.43. The minimum atomic E-state index is -0.944. The van der Waals surface area contributed by atoms with E-state index >= 15 is 0 Å². The number of nitrogens with two attached hydrogens (primary N) is 2. The third-order valence-corrected chi connectivity index (χ3v) is 8.81. The van der Waals surface area contributed by atoms with Crippen molar-refractivity contribution < 1.29 is 9.59 Å². The summed E-state index contributed by atoms with van der Waals surface area (Å²) in [6, 6.07) is 0. The van der Waals surface area contributed by atoms with Crippen LogP contribution in [0.3, 0.4) is 0 Å². The topological polar surface area (TPSA) is 136 Å². The van der Waals surface area contributed by atoms with Crippen molar-refractivity contribution in [2.75, 3.05) is 10.6 Å². The van der Waals surface area contributed by atoms with Gasteiger partial charge in [0.25, 0.3) is 0 Å². The van der Waals surface area contributed by atoms with Crippen molar-refractivity contribution >= 4 is 76.8 Å². The number of carbonyl (C=O) groups is 2. The maximum absolute atomic E-state index is 12.6. The van der Waals surface area contributed by atoms with Crippen LogP contribution >= 0.6 is 34.3 Å². The second-order valence-electron chi connectivity index (χ2n) is 7.97. The average molecular weight is 497 g/mol. The van der Waals surface area contributed by atoms with Gasteiger partial charge in [-0.25, -0.2) is 9.97 Å². The number of hydrogen-bond donors (Lipinski definition) is 4. The van der Waals surface area contributed by atoms with Crippen molar-refractivity contribution in [3.05, 3.63) is 10.6 Å². The summed E-state index contributed by atoms with van der Waals surface area (Å²) in [5.41, 5.74) is 12.7. The fourth-order valence-corrected chi connectivity index (χ4v) is 5.75. The van der Waals surface area contributed by atoms with E-state index in [-0.39, 0.29) is 11.8 Å². The molecule has 11 heteroatoms. The molecule has 0 atom stereocenters. The van der Waals surface area contributed by atoms with Crippen molar-refractivity contribution in [3.8, 4) is 0 Å². The Kier molecular flexibility index (Phi) is 7.11. The van der Waals surface area contributed by atoms with Crippen molar-refractivity contribution in [2.45, 2.75) is 71.4 Å². The Morgan fingerprint density at radius 3 is 1.50 bits per heavy atom. The highest BCUT2D eigenvalue weighted by molar-refractivity contribution is 7.25. The number of aryl methyl sites for hydroxylation is 1. The van der Waals surface area contributed by atoms with E-state index in [4.69, 9.17) is 23.1 Å². The van der Waals surface area contributed by atoms with Crippen LogP contribution in [0.4, 0.5) is 10.3 Å². The molecule has 6 N–H and O–H groups in total. The number of nitrogens with one attached hydrogen (secondary N) is 2. The number of benzene rings is 1. The summed E-state index contributed by atoms with van der Waals surface area (Å²) in [7, 11) is 0. The van der Waals surface area contributed by atoms with E-state index < -0.39 is 11.1 Å². The molecule has 0 fully saturated rings. The smallest absolute Gasteiger partial charge is 0.246 e. The van der Waals surface area contributed by atoms with Gasteiger partial charge in [0.2, 0.25) is 11.8 Å². The van der Waals surface area contributed by atoms with Crippen LogP contribution in [0.5, 0.6) is 0 Å². The van der Waals surface area contributed by atoms with Gasteiger partial charge in [-0.2, -0.15) is 0 Å². The highest BCUT2D eigenvalue weighted by Gasteiger charge is 2.32. The number of nitrogens with zero attached hydrogens (tertiary/aromatic N) is 2. The second-order valence-corrected chi connectivity index (χ2v) is 10.3. The fourth-order valence-electron chi connectivity index (χ4n) is 3.35. The Balaban J connectivity index is 1.98. The molecule has 3 aromatic rings. The van der Waals surface area contributed by atoms with Crippen LogP contribution in [0.1, 0.15) is 58.9 Å². The van der Waals surface area contributed by atoms with Crippen molar-refractivity contribution in [1.29, 1.82) is 0 Å². The maximum Gasteiger partial charge on any atom is 0.246 e. The van der Waals surface area contributed by atoms with Gasteiger partial charge in [-0.05, 0) is 32.6 Å². The van der Waals surface area contributed by atoms with Gasteiger partial charge < -0.3 is 22.1 Å². The molecule has 3 rings (SSSR count). The molecule has 2 heterocycles. The van der Waals surface area contributed by atoms with Gasteiger partial charge in [0.1, 0.15) is 0 Å². The first-order chi connectivity index (χ1) is 15.0. The van der Waals surface area contributed by atoms with Gasteiger partial charge in [0, 0.05) is 5.56 Å². The predicted molar refractivity (Wildman–Crippen MR) is 135 cm³/mol. The van der Waals surface area contributed by atoms with Gasteiger partial charge >= 0.3 is 0 Å². The van der Waals surface area contributed by atoms with Crippen LogP contribution in [-0.2, 0) is 9.59 Å². The number of aromatic nitrogens is 2. The average Bonchev–Trinajstić information content (AvgIpc) is 3.41. The van der Waals surface area contributed by atoms with Gasteiger partial charge in [-0.3, -0.25) is 9.59 Å². The number of halogens is 1. The predicted octanol–water partition coefficient (Wildman–Crippen LogP) is 4.78. The van der Waals surface area contributed by atoms with Crippen LogP contribution in [0.15, 0.2) is 0 Å². The largest absolute Gasteiger partial charge is 0.317 e. The molecule has 0 bridgehead atoms. The molecule has 2 aromatic heterocycles. The van der Waals surface area contributed by atoms with E-state index in [9.17, 15) is 9.59 Å². The Labute approximate surface area is 200 Å². The summed E-state index contributed by atoms with van der Waals surface area (Å²) >= 11 is 9.29. The summed E-state index contributed by atoms with van der Waals surface area (Å²) < 4.78 is 1.50. The zero-order chi connectivity index (χ0) is 23.8. The lowest BCUT2D eigenvalue weighted by Crippen LogP contribution is -2.50. The number of anilines is 2. The molecule has 0 aliphatic heterocycles. The number of rotatable bonds is 8. The maximum atomic E-state index is 12.6. The SMILES string of the molecule is CCC(N)(CC)C(=O)Nc1nc2c(C)c3nc(NC(=O)C(N)(CC)CC)sc3c(Cl)c2s1. The number of hydrogen-bond acceptors (Lipinski definition) is 8. The number of fused-ring (bicyclic) bond motifs is 2. The first-order valence-electron chi connectivity index (χ1n) is 10.6. The summed E-state index contributed by atoms with van der Waals surface area (Å²) in [4.78, 5) is 34.5. The molecular formula is C21H29ClN6O2S2. The summed E-state index contributed by atoms with van der Waals surface area (Å²) in [5.74, 6) is -0.533. The normalized spacial score (nSPS) is 12.5. The molecule has 0 aliphatic carbocycles. The molecule has 0 saturated carbocycles. The Bertz CT molecular complexity index is 1040. The molecule has 0 spiro atoms. The first kappa shape index (κ1) is 24.8. The number of carbonyl (C=O) groups excluding carboxylic acids is 2. The third kappa shape index (κ3) is 4.22. The minimum Gasteiger partial charge on any atom is -0.317 e. The van der Waals surface area contributed by atoms with Crippen molar-refractivity contribution in [3.63, 3.8) is 0 Å². The molecule has 0 aliphatic rings. The van der Waals surface area contributed by atoms with Gasteiger partial charge in [0.05, 0.1) is 36.5 Å². The zero-order valence-corrected chi connectivity index (χ0v) is 21.3. The van der Waals surface area contributed by atoms with Gasteiger partial charge in [0.15, 0.2) is 10.3 Å².